The van der Waals surface area contributed by atoms with Crippen LogP contribution in [0.5, 0.6) is 0 Å². The second-order valence-electron chi connectivity index (χ2n) is 6.74. The largest absolute Gasteiger partial charge is 0.352 e. The second-order valence-corrected chi connectivity index (χ2v) is 7.56. The molecule has 2 aromatic rings. The molecule has 1 unspecified atom stereocenters. The fraction of sp³-hybridized carbons (Fsp3) is 0.500. The van der Waals surface area contributed by atoms with E-state index in [0.29, 0.717) is 21.5 Å². The maximum atomic E-state index is 12.4. The van der Waals surface area contributed by atoms with E-state index in [4.69, 9.17) is 23.8 Å². The Balaban J connectivity index is 2.00. The van der Waals surface area contributed by atoms with E-state index < -0.39 is 0 Å². The van der Waals surface area contributed by atoms with Gasteiger partial charge < -0.3 is 5.32 Å². The molecule has 0 aliphatic rings. The molecule has 1 aromatic carbocycles. The molecule has 2 N–H and O–H groups in total. The minimum Gasteiger partial charge on any atom is -0.352 e. The topological polar surface area (TPSA) is 62.7 Å². The molecule has 1 heterocycles. The monoisotopic (exact) mass is 380 g/mol. The summed E-state index contributed by atoms with van der Waals surface area (Å²) in [6.07, 6.45) is 3.26. The van der Waals surface area contributed by atoms with Gasteiger partial charge in [0.05, 0.1) is 0 Å². The Morgan fingerprint density at radius 1 is 1.28 bits per heavy atom. The second kappa shape index (κ2) is 9.15. The Bertz CT molecular complexity index is 751. The van der Waals surface area contributed by atoms with Crippen molar-refractivity contribution in [1.29, 1.82) is 0 Å². The summed E-state index contributed by atoms with van der Waals surface area (Å²) < 4.78 is 2.13. The number of hydrogen-bond donors (Lipinski definition) is 2. The van der Waals surface area contributed by atoms with E-state index in [1.54, 1.807) is 16.7 Å². The van der Waals surface area contributed by atoms with Crippen LogP contribution in [0.15, 0.2) is 24.3 Å². The highest BCUT2D eigenvalue weighted by molar-refractivity contribution is 7.71. The first-order valence-electron chi connectivity index (χ1n) is 8.57. The van der Waals surface area contributed by atoms with Gasteiger partial charge in [-0.2, -0.15) is 5.10 Å². The molecule has 2 rings (SSSR count). The summed E-state index contributed by atoms with van der Waals surface area (Å²) >= 11 is 11.2. The van der Waals surface area contributed by atoms with Gasteiger partial charge in [-0.3, -0.25) is 14.5 Å². The molecular weight excluding hydrogens is 356 g/mol. The fourth-order valence-corrected chi connectivity index (χ4v) is 2.97. The third-order valence-electron chi connectivity index (χ3n) is 3.99. The van der Waals surface area contributed by atoms with Gasteiger partial charge in [0.15, 0.2) is 10.6 Å². The van der Waals surface area contributed by atoms with E-state index in [-0.39, 0.29) is 18.5 Å². The lowest BCUT2D eigenvalue weighted by Crippen LogP contribution is -2.35. The number of aromatic amines is 1. The number of amides is 1. The number of halogens is 1. The molecule has 5 nitrogen and oxygen atoms in total. The summed E-state index contributed by atoms with van der Waals surface area (Å²) in [5.74, 6) is 1.25. The first-order chi connectivity index (χ1) is 11.9. The molecule has 0 aliphatic heterocycles. The van der Waals surface area contributed by atoms with Crippen molar-refractivity contribution in [3.63, 3.8) is 0 Å². The summed E-state index contributed by atoms with van der Waals surface area (Å²) in [5.41, 5.74) is 0.856. The van der Waals surface area contributed by atoms with Crippen molar-refractivity contribution < 1.29 is 4.79 Å². The van der Waals surface area contributed by atoms with Crippen LogP contribution in [0, 0.1) is 10.7 Å². The predicted octanol–water partition coefficient (Wildman–Crippen LogP) is 4.59. The van der Waals surface area contributed by atoms with Gasteiger partial charge in [-0.1, -0.05) is 38.3 Å². The summed E-state index contributed by atoms with van der Waals surface area (Å²) in [4.78, 5) is 12.4. The van der Waals surface area contributed by atoms with Crippen LogP contribution in [-0.2, 0) is 11.3 Å². The molecule has 0 saturated carbocycles. The lowest BCUT2D eigenvalue weighted by molar-refractivity contribution is -0.122. The fourth-order valence-electron chi connectivity index (χ4n) is 2.65. The number of carbonyl (C=O) groups excluding carboxylic acids is 1. The van der Waals surface area contributed by atoms with Crippen LogP contribution in [-0.4, -0.2) is 26.7 Å². The number of rotatable bonds is 8. The summed E-state index contributed by atoms with van der Waals surface area (Å²) in [6, 6.07) is 7.43. The highest BCUT2D eigenvalue weighted by Crippen LogP contribution is 2.20. The normalized spacial score (nSPS) is 12.4. The zero-order chi connectivity index (χ0) is 18.4. The summed E-state index contributed by atoms with van der Waals surface area (Å²) in [5, 5.41) is 10.7. The van der Waals surface area contributed by atoms with Crippen molar-refractivity contribution >= 4 is 29.7 Å². The van der Waals surface area contributed by atoms with Gasteiger partial charge >= 0.3 is 0 Å². The van der Waals surface area contributed by atoms with Gasteiger partial charge in [0.25, 0.3) is 0 Å². The van der Waals surface area contributed by atoms with Crippen LogP contribution in [0.2, 0.25) is 5.02 Å². The van der Waals surface area contributed by atoms with E-state index in [2.05, 4.69) is 29.4 Å². The van der Waals surface area contributed by atoms with Gasteiger partial charge in [0.1, 0.15) is 6.54 Å². The van der Waals surface area contributed by atoms with E-state index in [0.717, 1.165) is 18.4 Å². The number of benzene rings is 1. The maximum absolute atomic E-state index is 12.4. The van der Waals surface area contributed by atoms with Crippen molar-refractivity contribution in [3.8, 4) is 11.4 Å². The van der Waals surface area contributed by atoms with E-state index >= 15 is 0 Å². The first kappa shape index (κ1) is 19.7. The molecule has 0 fully saturated rings. The molecule has 0 bridgehead atoms. The third kappa shape index (κ3) is 5.97. The number of H-pyrrole nitrogens is 1. The predicted molar refractivity (Wildman–Crippen MR) is 104 cm³/mol. The average Bonchev–Trinajstić information content (AvgIpc) is 2.88. The summed E-state index contributed by atoms with van der Waals surface area (Å²) in [6.45, 7) is 6.60. The van der Waals surface area contributed by atoms with Crippen molar-refractivity contribution in [1.82, 2.24) is 20.1 Å². The molecule has 1 atom stereocenters. The molecule has 0 saturated heterocycles. The number of aromatic nitrogens is 3. The summed E-state index contributed by atoms with van der Waals surface area (Å²) in [7, 11) is 0. The number of hydrogen-bond acceptors (Lipinski definition) is 3. The molecule has 0 radical (unpaired) electrons. The molecule has 0 spiro atoms. The van der Waals surface area contributed by atoms with Gasteiger partial charge in [0.2, 0.25) is 5.91 Å². The van der Waals surface area contributed by atoms with Crippen LogP contribution < -0.4 is 5.32 Å². The zero-order valence-electron chi connectivity index (χ0n) is 14.9. The molecule has 0 aliphatic carbocycles. The number of nitrogens with one attached hydrogen (secondary N) is 2. The van der Waals surface area contributed by atoms with E-state index in [1.165, 1.54) is 6.42 Å². The lowest BCUT2D eigenvalue weighted by Gasteiger charge is -2.15. The molecular formula is C18H25ClN4OS. The Morgan fingerprint density at radius 3 is 2.60 bits per heavy atom. The van der Waals surface area contributed by atoms with E-state index in [9.17, 15) is 4.79 Å². The molecule has 1 aromatic heterocycles. The van der Waals surface area contributed by atoms with Gasteiger partial charge in [-0.05, 0) is 55.7 Å². The molecule has 7 heteroatoms. The van der Waals surface area contributed by atoms with Crippen molar-refractivity contribution in [3.05, 3.63) is 34.1 Å². The van der Waals surface area contributed by atoms with Crippen LogP contribution in [0.3, 0.4) is 0 Å². The lowest BCUT2D eigenvalue weighted by atomic mass is 10.0. The molecule has 1 amide bonds. The van der Waals surface area contributed by atoms with Gasteiger partial charge in [0, 0.05) is 16.6 Å². The van der Waals surface area contributed by atoms with E-state index in [1.807, 2.05) is 19.1 Å². The van der Waals surface area contributed by atoms with Crippen LogP contribution in [0.25, 0.3) is 11.4 Å². The van der Waals surface area contributed by atoms with Crippen LogP contribution in [0.4, 0.5) is 0 Å². The maximum Gasteiger partial charge on any atom is 0.240 e. The van der Waals surface area contributed by atoms with Crippen molar-refractivity contribution in [2.24, 2.45) is 5.92 Å². The third-order valence-corrected chi connectivity index (χ3v) is 4.55. The Labute approximate surface area is 158 Å². The smallest absolute Gasteiger partial charge is 0.240 e. The average molecular weight is 381 g/mol. The molecule has 136 valence electrons. The standard InChI is InChI=1S/C18H25ClN4OS/c1-12(2)5-4-6-13(3)20-16(24)11-23-17(21-22-18(23)25)14-7-9-15(19)10-8-14/h7-10,12-13H,4-6,11H2,1-3H3,(H,20,24)(H,22,25). The van der Waals surface area contributed by atoms with Crippen LogP contribution in [0.1, 0.15) is 40.0 Å². The van der Waals surface area contributed by atoms with Crippen molar-refractivity contribution in [2.75, 3.05) is 0 Å². The minimum atomic E-state index is -0.0650. The minimum absolute atomic E-state index is 0.0650. The quantitative estimate of drug-likeness (QED) is 0.658. The van der Waals surface area contributed by atoms with Crippen molar-refractivity contribution in [2.45, 2.75) is 52.6 Å². The molecule has 25 heavy (non-hydrogen) atoms. The van der Waals surface area contributed by atoms with Crippen LogP contribution >= 0.6 is 23.8 Å². The number of carbonyl (C=O) groups is 1. The van der Waals surface area contributed by atoms with Gasteiger partial charge in [-0.15, -0.1) is 0 Å². The Hall–Kier alpha value is -1.66. The number of nitrogens with zero attached hydrogens (tertiary/aromatic N) is 2. The zero-order valence-corrected chi connectivity index (χ0v) is 16.5. The SMILES string of the molecule is CC(C)CCCC(C)NC(=O)Cn1c(-c2ccc(Cl)cc2)n[nH]c1=S. The Morgan fingerprint density at radius 2 is 1.96 bits per heavy atom. The first-order valence-corrected chi connectivity index (χ1v) is 9.36. The highest BCUT2D eigenvalue weighted by Gasteiger charge is 2.14. The highest BCUT2D eigenvalue weighted by atomic mass is 35.5. The van der Waals surface area contributed by atoms with Gasteiger partial charge in [-0.25, -0.2) is 0 Å². The Kier molecular flexibility index (Phi) is 7.20.